The number of aryl methyl sites for hydroxylation is 1. The van der Waals surface area contributed by atoms with E-state index in [2.05, 4.69) is 47.6 Å². The first-order valence-electron chi connectivity index (χ1n) is 7.50. The average Bonchev–Trinajstić information content (AvgIpc) is 2.56. The molecule has 4 heteroatoms. The van der Waals surface area contributed by atoms with Gasteiger partial charge < -0.3 is 5.32 Å². The second kappa shape index (κ2) is 7.21. The van der Waals surface area contributed by atoms with Crippen LogP contribution in [0.2, 0.25) is 5.02 Å². The van der Waals surface area contributed by atoms with E-state index < -0.39 is 0 Å². The molecule has 0 saturated carbocycles. The minimum Gasteiger partial charge on any atom is -0.370 e. The molecule has 0 spiro atoms. The summed E-state index contributed by atoms with van der Waals surface area (Å²) in [5.74, 6) is 1.89. The number of aliphatic imine (C=N–C) groups is 1. The first-order valence-corrected chi connectivity index (χ1v) is 8.86. The maximum atomic E-state index is 6.33. The maximum absolute atomic E-state index is 6.33. The number of hydrogen-bond acceptors (Lipinski definition) is 3. The summed E-state index contributed by atoms with van der Waals surface area (Å²) in [5.41, 5.74) is 3.64. The largest absolute Gasteiger partial charge is 0.370 e. The summed E-state index contributed by atoms with van der Waals surface area (Å²) >= 11 is 8.15. The number of nitrogens with one attached hydrogen (secondary N) is 1. The van der Waals surface area contributed by atoms with Crippen molar-refractivity contribution >= 4 is 29.2 Å². The summed E-state index contributed by atoms with van der Waals surface area (Å²) in [4.78, 5) is 5.86. The topological polar surface area (TPSA) is 24.4 Å². The second-order valence-electron chi connectivity index (χ2n) is 5.33. The van der Waals surface area contributed by atoms with Crippen LogP contribution >= 0.6 is 23.4 Å². The SMILES string of the molecule is Cc1cccc(Cl)c1CSc1ccccc1C1=NCCCN1. The Hall–Kier alpha value is -1.45. The normalized spacial score (nSPS) is 14.4. The van der Waals surface area contributed by atoms with Crippen LogP contribution < -0.4 is 5.32 Å². The molecular formula is C18H19ClN2S. The van der Waals surface area contributed by atoms with Crippen LogP contribution in [0.25, 0.3) is 0 Å². The van der Waals surface area contributed by atoms with E-state index in [0.29, 0.717) is 0 Å². The van der Waals surface area contributed by atoms with Crippen molar-refractivity contribution in [2.75, 3.05) is 13.1 Å². The van der Waals surface area contributed by atoms with E-state index in [-0.39, 0.29) is 0 Å². The van der Waals surface area contributed by atoms with E-state index in [9.17, 15) is 0 Å². The van der Waals surface area contributed by atoms with E-state index in [1.807, 2.05) is 23.9 Å². The number of benzene rings is 2. The predicted octanol–water partition coefficient (Wildman–Crippen LogP) is 4.68. The standard InChI is InChI=1S/C18H19ClN2S/c1-13-6-4-8-16(19)15(13)12-22-17-9-3-2-7-14(17)18-20-10-5-11-21-18/h2-4,6-9H,5,10-12H2,1H3,(H,20,21). The molecule has 22 heavy (non-hydrogen) atoms. The highest BCUT2D eigenvalue weighted by atomic mass is 35.5. The zero-order valence-electron chi connectivity index (χ0n) is 12.6. The fourth-order valence-electron chi connectivity index (χ4n) is 2.50. The first-order chi connectivity index (χ1) is 10.8. The number of halogens is 1. The monoisotopic (exact) mass is 330 g/mol. The molecule has 0 amide bonds. The molecular weight excluding hydrogens is 312 g/mol. The van der Waals surface area contributed by atoms with E-state index >= 15 is 0 Å². The molecule has 114 valence electrons. The van der Waals surface area contributed by atoms with Gasteiger partial charge in [-0.05, 0) is 36.6 Å². The molecule has 2 aromatic carbocycles. The van der Waals surface area contributed by atoms with Gasteiger partial charge in [-0.3, -0.25) is 4.99 Å². The number of amidine groups is 1. The van der Waals surface area contributed by atoms with Gasteiger partial charge in [0.05, 0.1) is 0 Å². The molecule has 0 atom stereocenters. The molecule has 0 saturated heterocycles. The first kappa shape index (κ1) is 15.4. The smallest absolute Gasteiger partial charge is 0.129 e. The summed E-state index contributed by atoms with van der Waals surface area (Å²) in [7, 11) is 0. The lowest BCUT2D eigenvalue weighted by Crippen LogP contribution is -2.30. The van der Waals surface area contributed by atoms with Crippen molar-refractivity contribution in [3.05, 3.63) is 64.2 Å². The predicted molar refractivity (Wildman–Crippen MR) is 96.2 cm³/mol. The van der Waals surface area contributed by atoms with Gasteiger partial charge in [0.25, 0.3) is 0 Å². The van der Waals surface area contributed by atoms with Gasteiger partial charge in [0.2, 0.25) is 0 Å². The number of rotatable bonds is 4. The molecule has 0 aromatic heterocycles. The zero-order chi connectivity index (χ0) is 15.4. The van der Waals surface area contributed by atoms with Crippen LogP contribution in [-0.4, -0.2) is 18.9 Å². The van der Waals surface area contributed by atoms with Gasteiger partial charge in [0.1, 0.15) is 5.84 Å². The summed E-state index contributed by atoms with van der Waals surface area (Å²) in [6, 6.07) is 14.5. The van der Waals surface area contributed by atoms with Crippen molar-refractivity contribution in [2.45, 2.75) is 24.0 Å². The van der Waals surface area contributed by atoms with Crippen molar-refractivity contribution in [3.8, 4) is 0 Å². The van der Waals surface area contributed by atoms with Crippen LogP contribution in [0.3, 0.4) is 0 Å². The molecule has 0 fully saturated rings. The van der Waals surface area contributed by atoms with Crippen LogP contribution in [0.5, 0.6) is 0 Å². The highest BCUT2D eigenvalue weighted by Crippen LogP contribution is 2.31. The lowest BCUT2D eigenvalue weighted by Gasteiger charge is -2.17. The Balaban J connectivity index is 1.83. The van der Waals surface area contributed by atoms with Crippen molar-refractivity contribution in [1.82, 2.24) is 5.32 Å². The molecule has 0 unspecified atom stereocenters. The molecule has 0 radical (unpaired) electrons. The summed E-state index contributed by atoms with van der Waals surface area (Å²) < 4.78 is 0. The minimum atomic E-state index is 0.845. The van der Waals surface area contributed by atoms with Crippen LogP contribution in [0.15, 0.2) is 52.4 Å². The summed E-state index contributed by atoms with van der Waals surface area (Å²) in [6.07, 6.45) is 1.11. The molecule has 3 rings (SSSR count). The lowest BCUT2D eigenvalue weighted by molar-refractivity contribution is 0.741. The van der Waals surface area contributed by atoms with E-state index in [1.165, 1.54) is 21.6 Å². The van der Waals surface area contributed by atoms with Crippen LogP contribution in [0, 0.1) is 6.92 Å². The van der Waals surface area contributed by atoms with Gasteiger partial charge in [-0.25, -0.2) is 0 Å². The summed E-state index contributed by atoms with van der Waals surface area (Å²) in [5, 5.41) is 4.25. The van der Waals surface area contributed by atoms with Gasteiger partial charge in [-0.15, -0.1) is 11.8 Å². The molecule has 2 nitrogen and oxygen atoms in total. The van der Waals surface area contributed by atoms with E-state index in [0.717, 1.165) is 36.1 Å². The Morgan fingerprint density at radius 1 is 1.18 bits per heavy atom. The minimum absolute atomic E-state index is 0.845. The third-order valence-electron chi connectivity index (χ3n) is 3.76. The van der Waals surface area contributed by atoms with Crippen molar-refractivity contribution in [2.24, 2.45) is 4.99 Å². The van der Waals surface area contributed by atoms with Crippen LogP contribution in [-0.2, 0) is 5.75 Å². The average molecular weight is 331 g/mol. The molecule has 1 heterocycles. The van der Waals surface area contributed by atoms with E-state index in [1.54, 1.807) is 0 Å². The van der Waals surface area contributed by atoms with Gasteiger partial charge in [-0.1, -0.05) is 41.9 Å². The quantitative estimate of drug-likeness (QED) is 0.823. The van der Waals surface area contributed by atoms with Crippen LogP contribution in [0.1, 0.15) is 23.1 Å². The molecule has 1 aliphatic rings. The fraction of sp³-hybridized carbons (Fsp3) is 0.278. The lowest BCUT2D eigenvalue weighted by atomic mass is 10.1. The molecule has 0 bridgehead atoms. The number of hydrogen-bond donors (Lipinski definition) is 1. The highest BCUT2D eigenvalue weighted by Gasteiger charge is 2.12. The third kappa shape index (κ3) is 3.47. The van der Waals surface area contributed by atoms with E-state index in [4.69, 9.17) is 11.6 Å². The number of thioether (sulfide) groups is 1. The Morgan fingerprint density at radius 3 is 2.82 bits per heavy atom. The molecule has 1 aliphatic heterocycles. The Kier molecular flexibility index (Phi) is 5.06. The van der Waals surface area contributed by atoms with Gasteiger partial charge >= 0.3 is 0 Å². The van der Waals surface area contributed by atoms with Crippen LogP contribution in [0.4, 0.5) is 0 Å². The Bertz CT molecular complexity index is 677. The van der Waals surface area contributed by atoms with Crippen molar-refractivity contribution in [1.29, 1.82) is 0 Å². The number of nitrogens with zero attached hydrogens (tertiary/aromatic N) is 1. The fourth-order valence-corrected chi connectivity index (χ4v) is 4.05. The van der Waals surface area contributed by atoms with Gasteiger partial charge in [0.15, 0.2) is 0 Å². The maximum Gasteiger partial charge on any atom is 0.129 e. The summed E-state index contributed by atoms with van der Waals surface area (Å²) in [6.45, 7) is 4.02. The van der Waals surface area contributed by atoms with Gasteiger partial charge in [0, 0.05) is 34.3 Å². The van der Waals surface area contributed by atoms with Crippen molar-refractivity contribution < 1.29 is 0 Å². The van der Waals surface area contributed by atoms with Gasteiger partial charge in [-0.2, -0.15) is 0 Å². The molecule has 0 aliphatic carbocycles. The second-order valence-corrected chi connectivity index (χ2v) is 6.76. The third-order valence-corrected chi connectivity index (χ3v) is 5.22. The zero-order valence-corrected chi connectivity index (χ0v) is 14.2. The molecule has 1 N–H and O–H groups in total. The van der Waals surface area contributed by atoms with Crippen molar-refractivity contribution in [3.63, 3.8) is 0 Å². The Morgan fingerprint density at radius 2 is 2.05 bits per heavy atom. The Labute approximate surface area is 141 Å². The highest BCUT2D eigenvalue weighted by molar-refractivity contribution is 7.98. The molecule has 2 aromatic rings.